The number of amides is 1. The third-order valence-corrected chi connectivity index (χ3v) is 3.13. The van der Waals surface area contributed by atoms with E-state index < -0.39 is 0 Å². The number of hydrogen-bond donors (Lipinski definition) is 2. The smallest absolute Gasteiger partial charge is 0.224 e. The number of unbranched alkanes of at least 4 members (excludes halogenated alkanes) is 2. The molecule has 3 nitrogen and oxygen atoms in total. The van der Waals surface area contributed by atoms with E-state index in [1.54, 1.807) is 0 Å². The van der Waals surface area contributed by atoms with E-state index in [1.807, 2.05) is 31.3 Å². The van der Waals surface area contributed by atoms with Crippen LogP contribution < -0.4 is 10.6 Å². The van der Waals surface area contributed by atoms with E-state index in [2.05, 4.69) is 24.5 Å². The Kier molecular flexibility index (Phi) is 6.44. The van der Waals surface area contributed by atoms with Gasteiger partial charge in [-0.2, -0.15) is 0 Å². The Hall–Kier alpha value is -1.35. The minimum absolute atomic E-state index is 0.109. The molecule has 100 valence electrons. The second kappa shape index (κ2) is 7.88. The topological polar surface area (TPSA) is 41.1 Å². The zero-order valence-corrected chi connectivity index (χ0v) is 11.6. The summed E-state index contributed by atoms with van der Waals surface area (Å²) in [6, 6.07) is 8.34. The van der Waals surface area contributed by atoms with Gasteiger partial charge in [0.2, 0.25) is 5.91 Å². The number of carbonyl (C=O) groups excluding carboxylic acids is 1. The Bertz CT molecular complexity index is 359. The molecule has 1 unspecified atom stereocenters. The SMILES string of the molecule is CCCCCC(=O)Nc1ccc(C(C)NC)cc1. The van der Waals surface area contributed by atoms with Crippen LogP contribution in [-0.4, -0.2) is 13.0 Å². The van der Waals surface area contributed by atoms with Gasteiger partial charge in [0.05, 0.1) is 0 Å². The normalized spacial score (nSPS) is 12.2. The number of rotatable bonds is 7. The Labute approximate surface area is 110 Å². The van der Waals surface area contributed by atoms with Crippen molar-refractivity contribution in [3.8, 4) is 0 Å². The van der Waals surface area contributed by atoms with Crippen molar-refractivity contribution in [2.75, 3.05) is 12.4 Å². The monoisotopic (exact) mass is 248 g/mol. The first-order chi connectivity index (χ1) is 8.67. The number of nitrogens with one attached hydrogen (secondary N) is 2. The maximum absolute atomic E-state index is 11.6. The van der Waals surface area contributed by atoms with E-state index in [1.165, 1.54) is 5.56 Å². The van der Waals surface area contributed by atoms with Crippen LogP contribution in [0.15, 0.2) is 24.3 Å². The maximum atomic E-state index is 11.6. The fourth-order valence-electron chi connectivity index (χ4n) is 1.78. The first kappa shape index (κ1) is 14.7. The van der Waals surface area contributed by atoms with Crippen LogP contribution in [0.4, 0.5) is 5.69 Å². The van der Waals surface area contributed by atoms with E-state index in [-0.39, 0.29) is 5.91 Å². The van der Waals surface area contributed by atoms with Crippen molar-refractivity contribution < 1.29 is 4.79 Å². The lowest BCUT2D eigenvalue weighted by Crippen LogP contribution is -2.13. The van der Waals surface area contributed by atoms with Crippen molar-refractivity contribution in [2.24, 2.45) is 0 Å². The molecule has 2 N–H and O–H groups in total. The van der Waals surface area contributed by atoms with Gasteiger partial charge in [-0.05, 0) is 38.1 Å². The minimum Gasteiger partial charge on any atom is -0.326 e. The molecule has 0 aliphatic carbocycles. The number of anilines is 1. The molecule has 1 atom stereocenters. The van der Waals surface area contributed by atoms with Crippen LogP contribution in [0.3, 0.4) is 0 Å². The molecule has 0 bridgehead atoms. The number of carbonyl (C=O) groups is 1. The Balaban J connectivity index is 2.45. The summed E-state index contributed by atoms with van der Waals surface area (Å²) >= 11 is 0. The van der Waals surface area contributed by atoms with E-state index in [0.29, 0.717) is 12.5 Å². The van der Waals surface area contributed by atoms with Crippen LogP contribution >= 0.6 is 0 Å². The van der Waals surface area contributed by atoms with Crippen LogP contribution in [-0.2, 0) is 4.79 Å². The Morgan fingerprint density at radius 3 is 2.44 bits per heavy atom. The van der Waals surface area contributed by atoms with E-state index in [9.17, 15) is 4.79 Å². The van der Waals surface area contributed by atoms with Gasteiger partial charge < -0.3 is 10.6 Å². The summed E-state index contributed by atoms with van der Waals surface area (Å²) in [6.07, 6.45) is 3.84. The highest BCUT2D eigenvalue weighted by atomic mass is 16.1. The molecule has 0 radical (unpaired) electrons. The molecule has 0 saturated carbocycles. The molecule has 1 rings (SSSR count). The first-order valence-electron chi connectivity index (χ1n) is 6.74. The summed E-state index contributed by atoms with van der Waals surface area (Å²) in [5.41, 5.74) is 2.10. The van der Waals surface area contributed by atoms with Crippen LogP contribution in [0.1, 0.15) is 51.1 Å². The third-order valence-electron chi connectivity index (χ3n) is 3.13. The van der Waals surface area contributed by atoms with Gasteiger partial charge in [-0.1, -0.05) is 31.9 Å². The predicted molar refractivity (Wildman–Crippen MR) is 76.7 cm³/mol. The van der Waals surface area contributed by atoms with Gasteiger partial charge in [-0.25, -0.2) is 0 Å². The van der Waals surface area contributed by atoms with Gasteiger partial charge in [0.1, 0.15) is 0 Å². The molecular formula is C15H24N2O. The summed E-state index contributed by atoms with van der Waals surface area (Å²) in [6.45, 7) is 4.25. The highest BCUT2D eigenvalue weighted by Gasteiger charge is 2.04. The average Bonchev–Trinajstić information content (AvgIpc) is 2.39. The summed E-state index contributed by atoms with van der Waals surface area (Å²) in [7, 11) is 1.94. The zero-order chi connectivity index (χ0) is 13.4. The van der Waals surface area contributed by atoms with Crippen LogP contribution in [0.5, 0.6) is 0 Å². The molecule has 0 saturated heterocycles. The first-order valence-corrected chi connectivity index (χ1v) is 6.74. The molecule has 0 aliphatic rings. The largest absolute Gasteiger partial charge is 0.326 e. The summed E-state index contributed by atoms with van der Waals surface area (Å²) < 4.78 is 0. The third kappa shape index (κ3) is 4.88. The lowest BCUT2D eigenvalue weighted by molar-refractivity contribution is -0.116. The second-order valence-electron chi connectivity index (χ2n) is 4.64. The number of benzene rings is 1. The van der Waals surface area contributed by atoms with Gasteiger partial charge in [-0.3, -0.25) is 4.79 Å². The molecule has 0 spiro atoms. The van der Waals surface area contributed by atoms with Crippen molar-refractivity contribution in [1.29, 1.82) is 0 Å². The Morgan fingerprint density at radius 1 is 1.22 bits per heavy atom. The molecule has 1 amide bonds. The molecule has 18 heavy (non-hydrogen) atoms. The van der Waals surface area contributed by atoms with Gasteiger partial charge in [0, 0.05) is 18.2 Å². The van der Waals surface area contributed by atoms with Crippen LogP contribution in [0.25, 0.3) is 0 Å². The van der Waals surface area contributed by atoms with E-state index >= 15 is 0 Å². The lowest BCUT2D eigenvalue weighted by atomic mass is 10.1. The molecule has 3 heteroatoms. The van der Waals surface area contributed by atoms with E-state index in [4.69, 9.17) is 0 Å². The van der Waals surface area contributed by atoms with Crippen molar-refractivity contribution >= 4 is 11.6 Å². The molecule has 0 heterocycles. The van der Waals surface area contributed by atoms with Gasteiger partial charge >= 0.3 is 0 Å². The van der Waals surface area contributed by atoms with Crippen LogP contribution in [0.2, 0.25) is 0 Å². The molecule has 0 aliphatic heterocycles. The number of hydrogen-bond acceptors (Lipinski definition) is 2. The van der Waals surface area contributed by atoms with Crippen molar-refractivity contribution in [3.63, 3.8) is 0 Å². The molecular weight excluding hydrogens is 224 g/mol. The Morgan fingerprint density at radius 2 is 1.89 bits per heavy atom. The van der Waals surface area contributed by atoms with E-state index in [0.717, 1.165) is 24.9 Å². The summed E-state index contributed by atoms with van der Waals surface area (Å²) in [5.74, 6) is 0.109. The summed E-state index contributed by atoms with van der Waals surface area (Å²) in [4.78, 5) is 11.6. The predicted octanol–water partition coefficient (Wildman–Crippen LogP) is 3.49. The fourth-order valence-corrected chi connectivity index (χ4v) is 1.78. The fraction of sp³-hybridized carbons (Fsp3) is 0.533. The van der Waals surface area contributed by atoms with Crippen molar-refractivity contribution in [1.82, 2.24) is 5.32 Å². The van der Waals surface area contributed by atoms with Gasteiger partial charge in [0.15, 0.2) is 0 Å². The van der Waals surface area contributed by atoms with Gasteiger partial charge in [-0.15, -0.1) is 0 Å². The minimum atomic E-state index is 0.109. The standard InChI is InChI=1S/C15H24N2O/c1-4-5-6-7-15(18)17-14-10-8-13(9-11-14)12(2)16-3/h8-12,16H,4-7H2,1-3H3,(H,17,18). The van der Waals surface area contributed by atoms with Crippen molar-refractivity contribution in [2.45, 2.75) is 45.6 Å². The molecule has 1 aromatic carbocycles. The highest BCUT2D eigenvalue weighted by molar-refractivity contribution is 5.90. The highest BCUT2D eigenvalue weighted by Crippen LogP contribution is 2.16. The molecule has 0 fully saturated rings. The second-order valence-corrected chi connectivity index (χ2v) is 4.64. The average molecular weight is 248 g/mol. The molecule has 1 aromatic rings. The molecule has 0 aromatic heterocycles. The zero-order valence-electron chi connectivity index (χ0n) is 11.6. The van der Waals surface area contributed by atoms with Crippen molar-refractivity contribution in [3.05, 3.63) is 29.8 Å². The lowest BCUT2D eigenvalue weighted by Gasteiger charge is -2.11. The van der Waals surface area contributed by atoms with Gasteiger partial charge in [0.25, 0.3) is 0 Å². The van der Waals surface area contributed by atoms with Crippen LogP contribution in [0, 0.1) is 0 Å². The summed E-state index contributed by atoms with van der Waals surface area (Å²) in [5, 5.41) is 6.11. The maximum Gasteiger partial charge on any atom is 0.224 e. The quantitative estimate of drug-likeness (QED) is 0.725.